The highest BCUT2D eigenvalue weighted by Crippen LogP contribution is 2.50. The third-order valence-corrected chi connectivity index (χ3v) is 4.81. The topological polar surface area (TPSA) is 105 Å². The van der Waals surface area contributed by atoms with E-state index in [2.05, 4.69) is 0 Å². The minimum Gasteiger partial charge on any atom is -0.394 e. The molecule has 0 aromatic rings. The molecule has 0 aliphatic carbocycles. The third-order valence-electron chi connectivity index (χ3n) is 2.70. The molecule has 0 saturated carbocycles. The van der Waals surface area contributed by atoms with E-state index in [0.717, 1.165) is 0 Å². The quantitative estimate of drug-likeness (QED) is 0.553. The maximum atomic E-state index is 12.2. The molecule has 1 aliphatic heterocycles. The molecule has 1 fully saturated rings. The van der Waals surface area contributed by atoms with Crippen molar-refractivity contribution in [1.29, 1.82) is 0 Å². The van der Waals surface area contributed by atoms with Gasteiger partial charge in [0.1, 0.15) is 18.3 Å². The molecule has 0 bridgehead atoms. The number of rotatable bonds is 7. The Morgan fingerprint density at radius 3 is 2.00 bits per heavy atom. The fraction of sp³-hybridized carbons (Fsp3) is 1.00. The molecule has 8 heteroatoms. The highest BCUT2D eigenvalue weighted by atomic mass is 31.2. The molecule has 0 aromatic carbocycles. The molecular formula is C10H21O7P. The molecule has 0 amide bonds. The lowest BCUT2D eigenvalue weighted by atomic mass is 10.1. The SMILES string of the molecule is CCOP(=O)(C[C@H]1O[C@H](CO)[C@@H](O)[C@H]1O)OCC. The predicted octanol–water partition coefficient (Wildman–Crippen LogP) is -0.266. The van der Waals surface area contributed by atoms with Crippen molar-refractivity contribution in [2.75, 3.05) is 26.0 Å². The highest BCUT2D eigenvalue weighted by molar-refractivity contribution is 7.53. The minimum atomic E-state index is -3.35. The minimum absolute atomic E-state index is 0.149. The van der Waals surface area contributed by atoms with E-state index < -0.39 is 38.6 Å². The zero-order valence-electron chi connectivity index (χ0n) is 10.6. The summed E-state index contributed by atoms with van der Waals surface area (Å²) in [6.45, 7) is 3.38. The number of aliphatic hydroxyl groups excluding tert-OH is 3. The van der Waals surface area contributed by atoms with Crippen molar-refractivity contribution in [1.82, 2.24) is 0 Å². The molecule has 18 heavy (non-hydrogen) atoms. The summed E-state index contributed by atoms with van der Waals surface area (Å²) >= 11 is 0. The summed E-state index contributed by atoms with van der Waals surface area (Å²) in [7, 11) is -3.35. The van der Waals surface area contributed by atoms with Crippen molar-refractivity contribution in [3.05, 3.63) is 0 Å². The Labute approximate surface area is 106 Å². The monoisotopic (exact) mass is 284 g/mol. The van der Waals surface area contributed by atoms with Crippen LogP contribution in [0.2, 0.25) is 0 Å². The van der Waals surface area contributed by atoms with Crippen LogP contribution in [0.25, 0.3) is 0 Å². The second-order valence-electron chi connectivity index (χ2n) is 4.01. The largest absolute Gasteiger partial charge is 0.394 e. The van der Waals surface area contributed by atoms with Gasteiger partial charge in [-0.3, -0.25) is 4.57 Å². The number of ether oxygens (including phenoxy) is 1. The summed E-state index contributed by atoms with van der Waals surface area (Å²) in [5, 5.41) is 28.3. The molecule has 1 saturated heterocycles. The first-order valence-corrected chi connectivity index (χ1v) is 7.70. The predicted molar refractivity (Wildman–Crippen MR) is 63.5 cm³/mol. The average molecular weight is 284 g/mol. The Kier molecular flexibility index (Phi) is 6.20. The molecule has 1 heterocycles. The van der Waals surface area contributed by atoms with Crippen LogP contribution in [0.1, 0.15) is 13.8 Å². The molecule has 0 aromatic heterocycles. The van der Waals surface area contributed by atoms with E-state index in [4.69, 9.17) is 18.9 Å². The summed E-state index contributed by atoms with van der Waals surface area (Å²) < 4.78 is 27.6. The van der Waals surface area contributed by atoms with E-state index in [0.29, 0.717) is 0 Å². The van der Waals surface area contributed by atoms with Crippen LogP contribution in [0.15, 0.2) is 0 Å². The molecule has 0 radical (unpaired) electrons. The lowest BCUT2D eigenvalue weighted by molar-refractivity contribution is -0.0177. The van der Waals surface area contributed by atoms with Gasteiger partial charge in [-0.1, -0.05) is 0 Å². The van der Waals surface area contributed by atoms with Crippen molar-refractivity contribution in [2.24, 2.45) is 0 Å². The van der Waals surface area contributed by atoms with E-state index >= 15 is 0 Å². The lowest BCUT2D eigenvalue weighted by Gasteiger charge is -2.21. The summed E-state index contributed by atoms with van der Waals surface area (Å²) in [5.41, 5.74) is 0. The molecular weight excluding hydrogens is 263 g/mol. The number of hydrogen-bond acceptors (Lipinski definition) is 7. The Bertz CT molecular complexity index is 288. The molecule has 3 N–H and O–H groups in total. The van der Waals surface area contributed by atoms with Crippen molar-refractivity contribution in [3.8, 4) is 0 Å². The fourth-order valence-corrected chi connectivity index (χ4v) is 3.70. The molecule has 7 nitrogen and oxygen atoms in total. The zero-order chi connectivity index (χ0) is 13.8. The van der Waals surface area contributed by atoms with Gasteiger partial charge in [-0.05, 0) is 13.8 Å². The first kappa shape index (κ1) is 16.0. The smallest absolute Gasteiger partial charge is 0.333 e. The highest BCUT2D eigenvalue weighted by Gasteiger charge is 2.45. The van der Waals surface area contributed by atoms with Gasteiger partial charge >= 0.3 is 7.60 Å². The summed E-state index contributed by atoms with van der Waals surface area (Å²) in [4.78, 5) is 0. The van der Waals surface area contributed by atoms with Crippen molar-refractivity contribution in [3.63, 3.8) is 0 Å². The Hall–Kier alpha value is -0.0100. The normalized spacial score (nSPS) is 32.9. The van der Waals surface area contributed by atoms with Crippen LogP contribution < -0.4 is 0 Å². The lowest BCUT2D eigenvalue weighted by Crippen LogP contribution is -2.35. The summed E-state index contributed by atoms with van der Waals surface area (Å²) in [5.74, 6) is 0. The van der Waals surface area contributed by atoms with Crippen LogP contribution in [0.4, 0.5) is 0 Å². The van der Waals surface area contributed by atoms with Gasteiger partial charge in [0.25, 0.3) is 0 Å². The zero-order valence-corrected chi connectivity index (χ0v) is 11.5. The van der Waals surface area contributed by atoms with Crippen LogP contribution in [0.3, 0.4) is 0 Å². The van der Waals surface area contributed by atoms with E-state index in [-0.39, 0.29) is 19.4 Å². The van der Waals surface area contributed by atoms with Gasteiger partial charge in [0, 0.05) is 0 Å². The van der Waals surface area contributed by atoms with Gasteiger partial charge < -0.3 is 29.1 Å². The van der Waals surface area contributed by atoms with Gasteiger partial charge in [0.15, 0.2) is 0 Å². The van der Waals surface area contributed by atoms with Crippen LogP contribution in [0.5, 0.6) is 0 Å². The van der Waals surface area contributed by atoms with Gasteiger partial charge in [-0.25, -0.2) is 0 Å². The summed E-state index contributed by atoms with van der Waals surface area (Å²) in [6, 6.07) is 0. The van der Waals surface area contributed by atoms with Crippen molar-refractivity contribution >= 4 is 7.60 Å². The van der Waals surface area contributed by atoms with Gasteiger partial charge in [0.2, 0.25) is 0 Å². The third kappa shape index (κ3) is 3.74. The fourth-order valence-electron chi connectivity index (χ4n) is 1.88. The van der Waals surface area contributed by atoms with Crippen LogP contribution in [-0.2, 0) is 18.3 Å². The van der Waals surface area contributed by atoms with E-state index in [1.165, 1.54) is 0 Å². The Balaban J connectivity index is 2.67. The van der Waals surface area contributed by atoms with Gasteiger partial charge in [-0.15, -0.1) is 0 Å². The van der Waals surface area contributed by atoms with Gasteiger partial charge in [-0.2, -0.15) is 0 Å². The van der Waals surface area contributed by atoms with Crippen LogP contribution >= 0.6 is 7.60 Å². The maximum absolute atomic E-state index is 12.2. The first-order chi connectivity index (χ1) is 8.47. The Morgan fingerprint density at radius 2 is 1.61 bits per heavy atom. The molecule has 0 unspecified atom stereocenters. The Morgan fingerprint density at radius 1 is 1.11 bits per heavy atom. The van der Waals surface area contributed by atoms with E-state index in [9.17, 15) is 14.8 Å². The van der Waals surface area contributed by atoms with E-state index in [1.807, 2.05) is 0 Å². The second-order valence-corrected chi connectivity index (χ2v) is 6.11. The average Bonchev–Trinajstić information content (AvgIpc) is 2.57. The molecule has 1 aliphatic rings. The summed E-state index contributed by atoms with van der Waals surface area (Å²) in [6.07, 6.45) is -4.31. The number of aliphatic hydroxyl groups is 3. The molecule has 0 spiro atoms. The molecule has 4 atom stereocenters. The second kappa shape index (κ2) is 6.96. The van der Waals surface area contributed by atoms with Crippen molar-refractivity contribution < 1.29 is 33.7 Å². The van der Waals surface area contributed by atoms with E-state index in [1.54, 1.807) is 13.8 Å². The first-order valence-electron chi connectivity index (χ1n) is 5.98. The molecule has 108 valence electrons. The maximum Gasteiger partial charge on any atom is 0.333 e. The molecule has 1 rings (SSSR count). The van der Waals surface area contributed by atoms with Crippen LogP contribution in [0, 0.1) is 0 Å². The standard InChI is InChI=1S/C10H21O7P/c1-3-15-18(14,16-4-2)6-8-10(13)9(12)7(5-11)17-8/h7-13H,3-6H2,1-2H3/t7-,8-,9-,10+/m1/s1. The van der Waals surface area contributed by atoms with Crippen molar-refractivity contribution in [2.45, 2.75) is 38.3 Å². The number of hydrogen-bond donors (Lipinski definition) is 3. The van der Waals surface area contributed by atoms with Crippen LogP contribution in [-0.4, -0.2) is 65.7 Å². The van der Waals surface area contributed by atoms with Gasteiger partial charge in [0.05, 0.1) is 32.1 Å².